The summed E-state index contributed by atoms with van der Waals surface area (Å²) in [5.74, 6) is 4.76. The van der Waals surface area contributed by atoms with Gasteiger partial charge in [0.1, 0.15) is 11.5 Å². The average Bonchev–Trinajstić information content (AvgIpc) is 3.34. The van der Waals surface area contributed by atoms with Gasteiger partial charge in [0.25, 0.3) is 6.71 Å². The molecule has 0 atom stereocenters. The van der Waals surface area contributed by atoms with Crippen molar-refractivity contribution < 1.29 is 4.74 Å². The van der Waals surface area contributed by atoms with Gasteiger partial charge in [-0.2, -0.15) is 0 Å². The van der Waals surface area contributed by atoms with Crippen LogP contribution in [-0.4, -0.2) is 11.3 Å². The first kappa shape index (κ1) is 21.7. The third-order valence-electron chi connectivity index (χ3n) is 11.8. The number of benzene rings is 5. The van der Waals surface area contributed by atoms with Crippen LogP contribution in [0.1, 0.15) is 44.1 Å². The predicted octanol–water partition coefficient (Wildman–Crippen LogP) is 7.34. The Labute approximate surface area is 240 Å². The van der Waals surface area contributed by atoms with E-state index in [0.717, 1.165) is 29.3 Å². The lowest BCUT2D eigenvalue weighted by atomic mass is 9.34. The number of hydrogen-bond donors (Lipinski definition) is 0. The van der Waals surface area contributed by atoms with Gasteiger partial charge in [-0.3, -0.25) is 0 Å². The Bertz CT molecular complexity index is 2100. The van der Waals surface area contributed by atoms with Gasteiger partial charge in [-0.15, -0.1) is 0 Å². The highest BCUT2D eigenvalue weighted by molar-refractivity contribution is 7.00. The minimum Gasteiger partial charge on any atom is -0.458 e. The summed E-state index contributed by atoms with van der Waals surface area (Å²) in [5.41, 5.74) is 10.2. The maximum Gasteiger partial charge on any atom is 0.257 e. The molecule has 196 valence electrons. The van der Waals surface area contributed by atoms with Crippen molar-refractivity contribution in [3.8, 4) is 17.2 Å². The Morgan fingerprint density at radius 2 is 1.29 bits per heavy atom. The van der Waals surface area contributed by atoms with Crippen LogP contribution in [0.15, 0.2) is 91.0 Å². The van der Waals surface area contributed by atoms with Crippen LogP contribution in [0.3, 0.4) is 0 Å². The van der Waals surface area contributed by atoms with Crippen LogP contribution in [0.25, 0.3) is 38.3 Å². The highest BCUT2D eigenvalue weighted by atomic mass is 16.5. The fourth-order valence-electron chi connectivity index (χ4n) is 10.8. The number of hydrogen-bond acceptors (Lipinski definition) is 1. The van der Waals surface area contributed by atoms with Crippen molar-refractivity contribution in [3.63, 3.8) is 0 Å². The summed E-state index contributed by atoms with van der Waals surface area (Å²) in [4.78, 5) is 0. The molecule has 0 amide bonds. The number of ether oxygens (including phenoxy) is 1. The summed E-state index contributed by atoms with van der Waals surface area (Å²) in [6, 6.07) is 34.3. The molecule has 4 fully saturated rings. The van der Waals surface area contributed by atoms with E-state index in [-0.39, 0.29) is 6.71 Å². The number of rotatable bonds is 1. The van der Waals surface area contributed by atoms with Gasteiger partial charge in [-0.1, -0.05) is 72.8 Å². The quantitative estimate of drug-likeness (QED) is 0.204. The second-order valence-corrected chi connectivity index (χ2v) is 13.9. The normalized spacial score (nSPS) is 26.4. The summed E-state index contributed by atoms with van der Waals surface area (Å²) in [5, 5.41) is 5.39. The molecule has 2 aliphatic heterocycles. The van der Waals surface area contributed by atoms with Crippen LogP contribution in [0.4, 0.5) is 0 Å². The van der Waals surface area contributed by atoms with Crippen LogP contribution in [0.2, 0.25) is 0 Å². The van der Waals surface area contributed by atoms with Crippen LogP contribution in [0.5, 0.6) is 11.5 Å². The van der Waals surface area contributed by atoms with Gasteiger partial charge < -0.3 is 9.30 Å². The Kier molecular flexibility index (Phi) is 3.85. The molecule has 6 aliphatic rings. The molecule has 6 aromatic rings. The molecule has 0 spiro atoms. The zero-order valence-electron chi connectivity index (χ0n) is 23.1. The molecule has 0 unspecified atom stereocenters. The number of nitrogens with zero attached hydrogens (tertiary/aromatic N) is 1. The first-order valence-electron chi connectivity index (χ1n) is 15.7. The Morgan fingerprint density at radius 3 is 2.12 bits per heavy atom. The molecule has 0 saturated heterocycles. The van der Waals surface area contributed by atoms with Crippen molar-refractivity contribution >= 4 is 55.7 Å². The van der Waals surface area contributed by atoms with E-state index in [4.69, 9.17) is 4.74 Å². The SMILES string of the molecule is c1cc2c3c(c1)-n1c4c(cccc4c4cccc(C56CC7CC(CC(C7)C5)C6)c41)B3c1c(ccc3ccccc13)O2. The fourth-order valence-corrected chi connectivity index (χ4v) is 10.8. The van der Waals surface area contributed by atoms with Crippen molar-refractivity contribution in [1.82, 2.24) is 4.57 Å². The molecule has 4 bridgehead atoms. The van der Waals surface area contributed by atoms with E-state index in [1.54, 1.807) is 5.56 Å². The van der Waals surface area contributed by atoms with Gasteiger partial charge in [0.2, 0.25) is 0 Å². The second kappa shape index (κ2) is 7.26. The monoisotopic (exact) mass is 527 g/mol. The summed E-state index contributed by atoms with van der Waals surface area (Å²) in [7, 11) is 0. The third kappa shape index (κ3) is 2.58. The lowest BCUT2D eigenvalue weighted by Gasteiger charge is -2.57. The van der Waals surface area contributed by atoms with Gasteiger partial charge in [0, 0.05) is 22.0 Å². The Balaban J connectivity index is 1.28. The number of para-hydroxylation sites is 2. The van der Waals surface area contributed by atoms with E-state index in [1.807, 2.05) is 0 Å². The van der Waals surface area contributed by atoms with Gasteiger partial charge in [0.15, 0.2) is 0 Å². The van der Waals surface area contributed by atoms with Crippen LogP contribution in [0, 0.1) is 17.8 Å². The van der Waals surface area contributed by atoms with Gasteiger partial charge in [-0.25, -0.2) is 0 Å². The summed E-state index contributed by atoms with van der Waals surface area (Å²) in [6.07, 6.45) is 8.56. The molecule has 1 aromatic heterocycles. The average molecular weight is 527 g/mol. The third-order valence-corrected chi connectivity index (χ3v) is 11.8. The van der Waals surface area contributed by atoms with E-state index in [2.05, 4.69) is 95.6 Å². The standard InChI is InChI=1S/C38H30BNO/c1-2-7-26-25(6-1)14-15-33-34(26)39-30-11-4-9-28-27-8-3-10-29(38-19-22-16-23(20-38)18-24(17-22)21-38)36(27)40(37(28)30)31-12-5-13-32(41-33)35(31)39/h1-15,22-24H,16-21H2. The molecule has 3 heterocycles. The zero-order valence-corrected chi connectivity index (χ0v) is 23.1. The summed E-state index contributed by atoms with van der Waals surface area (Å²) < 4.78 is 9.42. The molecule has 2 nitrogen and oxygen atoms in total. The lowest BCUT2D eigenvalue weighted by Crippen LogP contribution is -2.58. The van der Waals surface area contributed by atoms with Gasteiger partial charge in [-0.05, 0) is 113 Å². The van der Waals surface area contributed by atoms with E-state index in [1.165, 1.54) is 93.2 Å². The highest BCUT2D eigenvalue weighted by Crippen LogP contribution is 2.62. The fraction of sp³-hybridized carbons (Fsp3) is 0.263. The molecule has 12 rings (SSSR count). The Morgan fingerprint density at radius 1 is 0.610 bits per heavy atom. The molecule has 41 heavy (non-hydrogen) atoms. The molecule has 4 aliphatic carbocycles. The summed E-state index contributed by atoms with van der Waals surface area (Å²) in [6.45, 7) is 0.152. The van der Waals surface area contributed by atoms with Gasteiger partial charge in [0.05, 0.1) is 5.52 Å². The molecular weight excluding hydrogens is 497 g/mol. The van der Waals surface area contributed by atoms with E-state index in [9.17, 15) is 0 Å². The topological polar surface area (TPSA) is 14.2 Å². The largest absolute Gasteiger partial charge is 0.458 e. The van der Waals surface area contributed by atoms with E-state index in [0.29, 0.717) is 5.41 Å². The molecule has 5 aromatic carbocycles. The summed E-state index contributed by atoms with van der Waals surface area (Å²) >= 11 is 0. The zero-order chi connectivity index (χ0) is 26.4. The lowest BCUT2D eigenvalue weighted by molar-refractivity contribution is -0.00459. The first-order chi connectivity index (χ1) is 20.3. The van der Waals surface area contributed by atoms with Crippen LogP contribution >= 0.6 is 0 Å². The molecule has 0 radical (unpaired) electrons. The maximum absolute atomic E-state index is 6.75. The smallest absolute Gasteiger partial charge is 0.257 e. The maximum atomic E-state index is 6.75. The predicted molar refractivity (Wildman–Crippen MR) is 169 cm³/mol. The van der Waals surface area contributed by atoms with Crippen molar-refractivity contribution in [2.45, 2.75) is 43.9 Å². The van der Waals surface area contributed by atoms with Crippen LogP contribution < -0.4 is 21.1 Å². The Hall–Kier alpha value is -3.98. The molecular formula is C38H30BNO. The second-order valence-electron chi connectivity index (χ2n) is 13.9. The van der Waals surface area contributed by atoms with Crippen molar-refractivity contribution in [1.29, 1.82) is 0 Å². The minimum absolute atomic E-state index is 0.152. The highest BCUT2D eigenvalue weighted by Gasteiger charge is 2.52. The first-order valence-corrected chi connectivity index (χ1v) is 15.7. The number of aromatic nitrogens is 1. The van der Waals surface area contributed by atoms with E-state index >= 15 is 0 Å². The van der Waals surface area contributed by atoms with E-state index < -0.39 is 0 Å². The van der Waals surface area contributed by atoms with Crippen molar-refractivity contribution in [2.75, 3.05) is 0 Å². The molecule has 0 N–H and O–H groups in total. The van der Waals surface area contributed by atoms with Crippen LogP contribution in [-0.2, 0) is 5.41 Å². The van der Waals surface area contributed by atoms with Gasteiger partial charge >= 0.3 is 0 Å². The number of fused-ring (bicyclic) bond motifs is 9. The molecule has 3 heteroatoms. The minimum atomic E-state index is 0.152. The van der Waals surface area contributed by atoms with Crippen molar-refractivity contribution in [3.05, 3.63) is 96.6 Å². The van der Waals surface area contributed by atoms with Crippen molar-refractivity contribution in [2.24, 2.45) is 17.8 Å². The molecule has 4 saturated carbocycles.